The van der Waals surface area contributed by atoms with Crippen LogP contribution in [0.2, 0.25) is 0 Å². The van der Waals surface area contributed by atoms with Crippen molar-refractivity contribution in [3.8, 4) is 11.8 Å². The zero-order valence-electron chi connectivity index (χ0n) is 34.9. The molecule has 314 valence electrons. The van der Waals surface area contributed by atoms with Gasteiger partial charge in [-0.05, 0) is 109 Å². The first-order valence-corrected chi connectivity index (χ1v) is 20.2. The van der Waals surface area contributed by atoms with Gasteiger partial charge in [0, 0.05) is 24.3 Å². The Kier molecular flexibility index (Phi) is 13.3. The molecule has 2 aliphatic heterocycles. The number of carbonyl (C=O) groups is 5. The number of ether oxygens (including phenoxy) is 2. The summed E-state index contributed by atoms with van der Waals surface area (Å²) in [4.78, 5) is 78.2. The maximum absolute atomic E-state index is 14.0. The van der Waals surface area contributed by atoms with Crippen LogP contribution < -0.4 is 16.0 Å². The van der Waals surface area contributed by atoms with Crippen LogP contribution in [0.15, 0.2) is 91.1 Å². The van der Waals surface area contributed by atoms with Crippen LogP contribution in [0.25, 0.3) is 0 Å². The van der Waals surface area contributed by atoms with Gasteiger partial charge >= 0.3 is 12.2 Å². The van der Waals surface area contributed by atoms with Gasteiger partial charge in [-0.3, -0.25) is 14.4 Å². The molecule has 3 aromatic carbocycles. The van der Waals surface area contributed by atoms with E-state index in [1.54, 1.807) is 113 Å². The van der Waals surface area contributed by atoms with E-state index in [4.69, 9.17) is 9.47 Å². The first-order valence-electron chi connectivity index (χ1n) is 20.2. The summed E-state index contributed by atoms with van der Waals surface area (Å²) in [5.74, 6) is 5.84. The molecule has 4 atom stereocenters. The Morgan fingerprint density at radius 2 is 1.22 bits per heavy atom. The number of aromatic amines is 1. The fourth-order valence-corrected chi connectivity index (χ4v) is 7.24. The molecule has 0 radical (unpaired) electrons. The number of aromatic nitrogens is 2. The monoisotopic (exact) mass is 815 g/mol. The van der Waals surface area contributed by atoms with E-state index in [2.05, 4.69) is 37.8 Å². The lowest BCUT2D eigenvalue weighted by atomic mass is 10.0. The maximum Gasteiger partial charge on any atom is 0.408 e. The lowest BCUT2D eigenvalue weighted by molar-refractivity contribution is -0.138. The number of H-pyrrole nitrogens is 1. The largest absolute Gasteiger partial charge is 0.444 e. The van der Waals surface area contributed by atoms with Crippen LogP contribution in [0.5, 0.6) is 0 Å². The van der Waals surface area contributed by atoms with Crippen molar-refractivity contribution in [3.05, 3.63) is 119 Å². The first kappa shape index (κ1) is 43.0. The van der Waals surface area contributed by atoms with Crippen LogP contribution in [0, 0.1) is 11.8 Å². The molecular formula is C46H53N7O7. The van der Waals surface area contributed by atoms with Crippen LogP contribution in [0.1, 0.15) is 114 Å². The van der Waals surface area contributed by atoms with Crippen molar-refractivity contribution >= 4 is 35.6 Å². The Bertz CT molecular complexity index is 2220. The molecule has 4 N–H and O–H groups in total. The lowest BCUT2D eigenvalue weighted by Gasteiger charge is -2.29. The molecule has 3 heterocycles. The molecule has 6 rings (SSSR count). The summed E-state index contributed by atoms with van der Waals surface area (Å²) in [5.41, 5.74) is 1.54. The molecule has 2 saturated heterocycles. The quantitative estimate of drug-likeness (QED) is 0.132. The SMILES string of the molecule is CC(C)(C)OC(=O)NC(C(=O)N1CCCC1C(=O)Nc1ccc(C#Cc2cnc(C3CCCN3C(=O)C(NC(=O)OC(C)(C)C)c3ccccc3)[nH]2)cc1)c1ccccc1. The van der Waals surface area contributed by atoms with E-state index >= 15 is 0 Å². The van der Waals surface area contributed by atoms with Crippen molar-refractivity contribution < 1.29 is 33.4 Å². The zero-order chi connectivity index (χ0) is 43.0. The van der Waals surface area contributed by atoms with Gasteiger partial charge in [-0.25, -0.2) is 14.6 Å². The molecule has 0 spiro atoms. The van der Waals surface area contributed by atoms with Crippen LogP contribution in [-0.2, 0) is 23.9 Å². The number of rotatable bonds is 9. The van der Waals surface area contributed by atoms with E-state index in [0.717, 1.165) is 6.42 Å². The predicted octanol–water partition coefficient (Wildman–Crippen LogP) is 6.93. The molecule has 14 nitrogen and oxygen atoms in total. The Morgan fingerprint density at radius 3 is 1.77 bits per heavy atom. The van der Waals surface area contributed by atoms with E-state index in [1.807, 2.05) is 24.3 Å². The molecular weight excluding hydrogens is 763 g/mol. The van der Waals surface area contributed by atoms with E-state index in [9.17, 15) is 24.0 Å². The lowest BCUT2D eigenvalue weighted by Crippen LogP contribution is -2.49. The Labute approximate surface area is 350 Å². The smallest absolute Gasteiger partial charge is 0.408 e. The van der Waals surface area contributed by atoms with E-state index in [0.29, 0.717) is 66.2 Å². The second-order valence-electron chi connectivity index (χ2n) is 16.9. The average molecular weight is 816 g/mol. The third-order valence-corrected chi connectivity index (χ3v) is 9.86. The standard InChI is InChI=1S/C46H53N7O7/c1-45(2,3)59-43(57)50-37(31-15-9-7-10-16-31)41(55)52-27-13-19-35(52)39-47-29-34(48-39)26-23-30-21-24-33(25-22-30)49-40(54)36-20-14-28-53(36)42(56)38(32-17-11-8-12-18-32)51-44(58)60-46(4,5)6/h7-12,15-18,21-22,24-25,29,35-38H,13-14,19-20,27-28H2,1-6H3,(H,47,48)(H,49,54)(H,50,57)(H,51,58). The fourth-order valence-electron chi connectivity index (χ4n) is 7.24. The van der Waals surface area contributed by atoms with E-state index in [-0.39, 0.29) is 17.9 Å². The third-order valence-electron chi connectivity index (χ3n) is 9.86. The highest BCUT2D eigenvalue weighted by molar-refractivity contribution is 5.99. The van der Waals surface area contributed by atoms with Gasteiger partial charge in [0.25, 0.3) is 11.8 Å². The summed E-state index contributed by atoms with van der Waals surface area (Å²) < 4.78 is 10.9. The van der Waals surface area contributed by atoms with Crippen LogP contribution in [0.4, 0.5) is 15.3 Å². The minimum absolute atomic E-state index is 0.260. The van der Waals surface area contributed by atoms with Crippen LogP contribution in [-0.4, -0.2) is 80.0 Å². The Balaban J connectivity index is 1.08. The van der Waals surface area contributed by atoms with Gasteiger partial charge in [-0.1, -0.05) is 66.6 Å². The number of likely N-dealkylation sites (tertiary alicyclic amines) is 2. The van der Waals surface area contributed by atoms with Crippen molar-refractivity contribution in [3.63, 3.8) is 0 Å². The molecule has 4 unspecified atom stereocenters. The number of nitrogens with zero attached hydrogens (tertiary/aromatic N) is 3. The highest BCUT2D eigenvalue weighted by atomic mass is 16.6. The third kappa shape index (κ3) is 11.3. The zero-order valence-corrected chi connectivity index (χ0v) is 34.9. The van der Waals surface area contributed by atoms with Gasteiger partial charge in [-0.2, -0.15) is 0 Å². The normalized spacial score (nSPS) is 17.4. The second kappa shape index (κ2) is 18.5. The molecule has 4 aromatic rings. The van der Waals surface area contributed by atoms with Crippen molar-refractivity contribution in [2.45, 2.75) is 103 Å². The topological polar surface area (TPSA) is 175 Å². The first-order chi connectivity index (χ1) is 28.5. The van der Waals surface area contributed by atoms with Gasteiger partial charge in [0.15, 0.2) is 0 Å². The van der Waals surface area contributed by atoms with Gasteiger partial charge < -0.3 is 40.2 Å². The number of carbonyl (C=O) groups excluding carboxylic acids is 5. The molecule has 0 saturated carbocycles. The Hall–Kier alpha value is -6.62. The minimum Gasteiger partial charge on any atom is -0.444 e. The minimum atomic E-state index is -1.03. The number of imidazole rings is 1. The molecule has 2 aliphatic rings. The predicted molar refractivity (Wildman–Crippen MR) is 225 cm³/mol. The molecule has 14 heteroatoms. The van der Waals surface area contributed by atoms with Crippen molar-refractivity contribution in [1.82, 2.24) is 30.4 Å². The van der Waals surface area contributed by atoms with Gasteiger partial charge in [0.05, 0.1) is 12.2 Å². The summed E-state index contributed by atoms with van der Waals surface area (Å²) in [5, 5.41) is 8.42. The summed E-state index contributed by atoms with van der Waals surface area (Å²) in [6.07, 6.45) is 2.80. The van der Waals surface area contributed by atoms with Crippen molar-refractivity contribution in [1.29, 1.82) is 0 Å². The molecule has 5 amide bonds. The number of nitrogens with one attached hydrogen (secondary N) is 4. The molecule has 60 heavy (non-hydrogen) atoms. The highest BCUT2D eigenvalue weighted by Gasteiger charge is 2.40. The summed E-state index contributed by atoms with van der Waals surface area (Å²) in [6, 6.07) is 22.0. The average Bonchev–Trinajstić information content (AvgIpc) is 3.99. The van der Waals surface area contributed by atoms with Crippen molar-refractivity contribution in [2.75, 3.05) is 18.4 Å². The molecule has 2 fully saturated rings. The van der Waals surface area contributed by atoms with Crippen LogP contribution in [0.3, 0.4) is 0 Å². The number of hydrogen-bond donors (Lipinski definition) is 4. The number of anilines is 1. The van der Waals surface area contributed by atoms with Gasteiger partial charge in [-0.15, -0.1) is 0 Å². The highest BCUT2D eigenvalue weighted by Crippen LogP contribution is 2.33. The van der Waals surface area contributed by atoms with Gasteiger partial charge in [0.2, 0.25) is 5.91 Å². The van der Waals surface area contributed by atoms with E-state index < -0.39 is 47.4 Å². The second-order valence-corrected chi connectivity index (χ2v) is 16.9. The molecule has 0 bridgehead atoms. The number of benzene rings is 3. The Morgan fingerprint density at radius 1 is 0.700 bits per heavy atom. The van der Waals surface area contributed by atoms with E-state index in [1.165, 1.54) is 4.90 Å². The summed E-state index contributed by atoms with van der Waals surface area (Å²) in [7, 11) is 0. The van der Waals surface area contributed by atoms with Crippen LogP contribution >= 0.6 is 0 Å². The molecule has 1 aromatic heterocycles. The number of alkyl carbamates (subject to hydrolysis) is 2. The fraction of sp³-hybridized carbons (Fsp3) is 0.391. The van der Waals surface area contributed by atoms with Crippen molar-refractivity contribution in [2.24, 2.45) is 0 Å². The summed E-state index contributed by atoms with van der Waals surface area (Å²) >= 11 is 0. The molecule has 0 aliphatic carbocycles. The number of amides is 5. The van der Waals surface area contributed by atoms with Gasteiger partial charge in [0.1, 0.15) is 40.8 Å². The number of hydrogen-bond acceptors (Lipinski definition) is 8. The maximum atomic E-state index is 14.0. The summed E-state index contributed by atoms with van der Waals surface area (Å²) in [6.45, 7) is 11.4.